The summed E-state index contributed by atoms with van der Waals surface area (Å²) >= 11 is 3.21. The molecule has 0 aromatic carbocycles. The summed E-state index contributed by atoms with van der Waals surface area (Å²) in [5, 5.41) is 0. The lowest BCUT2D eigenvalue weighted by atomic mass is 10.4. The smallest absolute Gasteiger partial charge is 0.414 e. The summed E-state index contributed by atoms with van der Waals surface area (Å²) in [6.07, 6.45) is 2.56. The van der Waals surface area contributed by atoms with Gasteiger partial charge in [0, 0.05) is 10.5 Å². The first-order chi connectivity index (χ1) is 7.15. The summed E-state index contributed by atoms with van der Waals surface area (Å²) in [5.74, 6) is 0. The molecule has 0 unspecified atom stereocenters. The van der Waals surface area contributed by atoms with Gasteiger partial charge in [-0.05, 0) is 6.92 Å². The number of hydrogen-bond acceptors (Lipinski definition) is 3. The quantitative estimate of drug-likeness (QED) is 0.847. The SMILES string of the molecule is C=C(Br)CN(C(=O)OCC)c1ccoc1. The molecule has 4 nitrogen and oxygen atoms in total. The Kier molecular flexibility index (Phi) is 4.42. The van der Waals surface area contributed by atoms with Crippen LogP contribution in [0.1, 0.15) is 6.92 Å². The van der Waals surface area contributed by atoms with Gasteiger partial charge in [-0.3, -0.25) is 4.90 Å². The van der Waals surface area contributed by atoms with Crippen molar-refractivity contribution in [3.8, 4) is 0 Å². The zero-order valence-corrected chi connectivity index (χ0v) is 9.99. The topological polar surface area (TPSA) is 42.7 Å². The van der Waals surface area contributed by atoms with Gasteiger partial charge in [-0.15, -0.1) is 0 Å². The average molecular weight is 274 g/mol. The van der Waals surface area contributed by atoms with Crippen LogP contribution < -0.4 is 4.90 Å². The molecule has 1 rings (SSSR count). The van der Waals surface area contributed by atoms with Crippen LogP contribution >= 0.6 is 15.9 Å². The van der Waals surface area contributed by atoms with Crippen molar-refractivity contribution in [2.24, 2.45) is 0 Å². The Balaban J connectivity index is 2.78. The normalized spacial score (nSPS) is 9.73. The summed E-state index contributed by atoms with van der Waals surface area (Å²) in [6.45, 7) is 6.12. The first kappa shape index (κ1) is 11.8. The molecular weight excluding hydrogens is 262 g/mol. The molecule has 0 aliphatic rings. The van der Waals surface area contributed by atoms with Gasteiger partial charge in [-0.2, -0.15) is 0 Å². The van der Waals surface area contributed by atoms with Gasteiger partial charge < -0.3 is 9.15 Å². The molecule has 1 aromatic heterocycles. The summed E-state index contributed by atoms with van der Waals surface area (Å²) in [4.78, 5) is 13.0. The standard InChI is InChI=1S/C10H12BrNO3/c1-3-15-10(13)12(6-8(2)11)9-4-5-14-7-9/h4-5,7H,2-3,6H2,1H3. The fourth-order valence-electron chi connectivity index (χ4n) is 1.05. The van der Waals surface area contributed by atoms with Gasteiger partial charge in [0.1, 0.15) is 6.26 Å². The Morgan fingerprint density at radius 3 is 2.93 bits per heavy atom. The second-order valence-electron chi connectivity index (χ2n) is 2.78. The predicted octanol–water partition coefficient (Wildman–Crippen LogP) is 3.15. The largest absolute Gasteiger partial charge is 0.470 e. The van der Waals surface area contributed by atoms with Gasteiger partial charge in [0.15, 0.2) is 0 Å². The fraction of sp³-hybridized carbons (Fsp3) is 0.300. The number of amides is 1. The first-order valence-electron chi connectivity index (χ1n) is 4.45. The van der Waals surface area contributed by atoms with E-state index in [1.165, 1.54) is 17.4 Å². The number of carbonyl (C=O) groups excluding carboxylic acids is 1. The van der Waals surface area contributed by atoms with Crippen LogP contribution in [0, 0.1) is 0 Å². The molecule has 5 heteroatoms. The van der Waals surface area contributed by atoms with Gasteiger partial charge >= 0.3 is 6.09 Å². The summed E-state index contributed by atoms with van der Waals surface area (Å²) < 4.78 is 10.5. The molecule has 1 heterocycles. The van der Waals surface area contributed by atoms with Crippen molar-refractivity contribution in [3.05, 3.63) is 29.7 Å². The van der Waals surface area contributed by atoms with Crippen LogP contribution in [0.4, 0.5) is 10.5 Å². The molecule has 0 N–H and O–H groups in total. The molecular formula is C10H12BrNO3. The Morgan fingerprint density at radius 1 is 1.73 bits per heavy atom. The molecule has 0 aliphatic heterocycles. The average Bonchev–Trinajstić information content (AvgIpc) is 2.66. The van der Waals surface area contributed by atoms with Crippen molar-refractivity contribution in [2.45, 2.75) is 6.92 Å². The van der Waals surface area contributed by atoms with E-state index >= 15 is 0 Å². The van der Waals surface area contributed by atoms with E-state index in [0.29, 0.717) is 23.3 Å². The van der Waals surface area contributed by atoms with Gasteiger partial charge in [0.25, 0.3) is 0 Å². The van der Waals surface area contributed by atoms with Crippen LogP contribution in [0.25, 0.3) is 0 Å². The number of ether oxygens (including phenoxy) is 1. The lowest BCUT2D eigenvalue weighted by molar-refractivity contribution is 0.160. The Bertz CT molecular complexity index is 334. The molecule has 0 radical (unpaired) electrons. The third kappa shape index (κ3) is 3.43. The van der Waals surface area contributed by atoms with Crippen molar-refractivity contribution in [3.63, 3.8) is 0 Å². The van der Waals surface area contributed by atoms with Crippen molar-refractivity contribution in [1.82, 2.24) is 0 Å². The minimum absolute atomic E-state index is 0.335. The van der Waals surface area contributed by atoms with E-state index in [9.17, 15) is 4.79 Å². The third-order valence-electron chi connectivity index (χ3n) is 1.64. The minimum atomic E-state index is -0.417. The van der Waals surface area contributed by atoms with E-state index in [1.807, 2.05) is 0 Å². The second kappa shape index (κ2) is 5.60. The molecule has 0 aliphatic carbocycles. The first-order valence-corrected chi connectivity index (χ1v) is 5.24. The molecule has 82 valence electrons. The van der Waals surface area contributed by atoms with Crippen LogP contribution in [0.5, 0.6) is 0 Å². The van der Waals surface area contributed by atoms with E-state index in [-0.39, 0.29) is 0 Å². The van der Waals surface area contributed by atoms with Crippen molar-refractivity contribution < 1.29 is 13.9 Å². The maximum Gasteiger partial charge on any atom is 0.414 e. The minimum Gasteiger partial charge on any atom is -0.470 e. The fourth-order valence-corrected chi connectivity index (χ4v) is 1.30. The highest BCUT2D eigenvalue weighted by Gasteiger charge is 2.17. The maximum atomic E-state index is 11.6. The molecule has 15 heavy (non-hydrogen) atoms. The van der Waals surface area contributed by atoms with Gasteiger partial charge in [-0.25, -0.2) is 4.79 Å². The molecule has 0 spiro atoms. The Labute approximate surface area is 96.6 Å². The van der Waals surface area contributed by atoms with Gasteiger partial charge in [0.2, 0.25) is 0 Å². The molecule has 0 saturated carbocycles. The number of carbonyl (C=O) groups is 1. The maximum absolute atomic E-state index is 11.6. The molecule has 0 bridgehead atoms. The summed E-state index contributed by atoms with van der Waals surface area (Å²) in [5.41, 5.74) is 0.647. The van der Waals surface area contributed by atoms with E-state index in [0.717, 1.165) is 0 Å². The third-order valence-corrected chi connectivity index (χ3v) is 1.89. The second-order valence-corrected chi connectivity index (χ2v) is 3.91. The monoisotopic (exact) mass is 273 g/mol. The van der Waals surface area contributed by atoms with Crippen LogP contribution in [0.3, 0.4) is 0 Å². The molecule has 1 aromatic rings. The summed E-state index contributed by atoms with van der Waals surface area (Å²) in [7, 11) is 0. The number of anilines is 1. The van der Waals surface area contributed by atoms with E-state index < -0.39 is 6.09 Å². The van der Waals surface area contributed by atoms with Crippen molar-refractivity contribution in [1.29, 1.82) is 0 Å². The van der Waals surface area contributed by atoms with Crippen LogP contribution in [-0.2, 0) is 4.74 Å². The van der Waals surface area contributed by atoms with Gasteiger partial charge in [0.05, 0.1) is 25.1 Å². The number of rotatable bonds is 4. The van der Waals surface area contributed by atoms with Crippen LogP contribution in [0.15, 0.2) is 34.1 Å². The van der Waals surface area contributed by atoms with Crippen molar-refractivity contribution >= 4 is 27.7 Å². The number of halogens is 1. The van der Waals surface area contributed by atoms with Crippen LogP contribution in [-0.4, -0.2) is 19.2 Å². The summed E-state index contributed by atoms with van der Waals surface area (Å²) in [6, 6.07) is 1.69. The number of hydrogen-bond donors (Lipinski definition) is 0. The zero-order valence-electron chi connectivity index (χ0n) is 8.40. The molecule has 0 saturated heterocycles. The van der Waals surface area contributed by atoms with Gasteiger partial charge in [-0.1, -0.05) is 22.5 Å². The zero-order chi connectivity index (χ0) is 11.3. The lowest BCUT2D eigenvalue weighted by Crippen LogP contribution is -2.32. The van der Waals surface area contributed by atoms with Crippen LogP contribution in [0.2, 0.25) is 0 Å². The molecule has 0 atom stereocenters. The Hall–Kier alpha value is -1.23. The Morgan fingerprint density at radius 2 is 2.47 bits per heavy atom. The predicted molar refractivity (Wildman–Crippen MR) is 61.1 cm³/mol. The van der Waals surface area contributed by atoms with Crippen molar-refractivity contribution in [2.75, 3.05) is 18.1 Å². The molecule has 1 amide bonds. The van der Waals surface area contributed by atoms with E-state index in [2.05, 4.69) is 22.5 Å². The molecule has 0 fully saturated rings. The highest BCUT2D eigenvalue weighted by atomic mass is 79.9. The van der Waals surface area contributed by atoms with E-state index in [1.54, 1.807) is 13.0 Å². The number of furan rings is 1. The van der Waals surface area contributed by atoms with E-state index in [4.69, 9.17) is 9.15 Å². The highest BCUT2D eigenvalue weighted by molar-refractivity contribution is 9.11. The number of nitrogens with zero attached hydrogens (tertiary/aromatic N) is 1. The lowest BCUT2D eigenvalue weighted by Gasteiger charge is -2.19. The highest BCUT2D eigenvalue weighted by Crippen LogP contribution is 2.18.